The molecule has 2 rings (SSSR count). The van der Waals surface area contributed by atoms with Gasteiger partial charge >= 0.3 is 0 Å². The molecule has 94 valence electrons. The monoisotopic (exact) mass is 234 g/mol. The average molecular weight is 234 g/mol. The molecule has 17 heavy (non-hydrogen) atoms. The molecule has 1 unspecified atom stereocenters. The topological polar surface area (TPSA) is 29.5 Å². The maximum absolute atomic E-state index is 10.0. The molecule has 2 heteroatoms. The van der Waals surface area contributed by atoms with Crippen molar-refractivity contribution in [1.82, 2.24) is 0 Å². The van der Waals surface area contributed by atoms with Crippen LogP contribution in [-0.2, 0) is 0 Å². The molecule has 1 heterocycles. The first-order valence-corrected chi connectivity index (χ1v) is 6.36. The lowest BCUT2D eigenvalue weighted by Crippen LogP contribution is -2.34. The van der Waals surface area contributed by atoms with Crippen LogP contribution in [0.3, 0.4) is 0 Å². The van der Waals surface area contributed by atoms with Gasteiger partial charge in [-0.25, -0.2) is 0 Å². The van der Waals surface area contributed by atoms with Crippen LogP contribution in [0.2, 0.25) is 0 Å². The van der Waals surface area contributed by atoms with E-state index in [0.29, 0.717) is 17.6 Å². The Hall–Kier alpha value is -1.18. The van der Waals surface area contributed by atoms with Crippen molar-refractivity contribution in [2.24, 2.45) is 0 Å². The minimum absolute atomic E-state index is 0.113. The summed E-state index contributed by atoms with van der Waals surface area (Å²) in [4.78, 5) is 0. The fourth-order valence-electron chi connectivity index (χ4n) is 2.72. The molecule has 0 bridgehead atoms. The summed E-state index contributed by atoms with van der Waals surface area (Å²) < 4.78 is 6.02. The predicted molar refractivity (Wildman–Crippen MR) is 69.9 cm³/mol. The van der Waals surface area contributed by atoms with Gasteiger partial charge in [-0.05, 0) is 44.2 Å². The molecule has 1 aliphatic heterocycles. The van der Waals surface area contributed by atoms with E-state index in [9.17, 15) is 5.11 Å². The van der Waals surface area contributed by atoms with Gasteiger partial charge in [-0.1, -0.05) is 20.8 Å². The highest BCUT2D eigenvalue weighted by Crippen LogP contribution is 2.44. The average Bonchev–Trinajstić information content (AvgIpc) is 2.17. The normalized spacial score (nSPS) is 22.1. The number of phenolic OH excluding ortho intramolecular Hbond substituents is 1. The second-order valence-corrected chi connectivity index (χ2v) is 6.07. The molecule has 0 aromatic heterocycles. The summed E-state index contributed by atoms with van der Waals surface area (Å²) >= 11 is 0. The Labute approximate surface area is 104 Å². The van der Waals surface area contributed by atoms with Crippen LogP contribution in [0.25, 0.3) is 0 Å². The first-order valence-electron chi connectivity index (χ1n) is 6.36. The standard InChI is InChI=1S/C15H22O2/c1-9(2)11-7-14-12(6-13(11)16)10(3)8-15(4,5)17-14/h6-7,9-10,16H,8H2,1-5H3. The van der Waals surface area contributed by atoms with Gasteiger partial charge in [0.1, 0.15) is 17.1 Å². The van der Waals surface area contributed by atoms with Gasteiger partial charge < -0.3 is 9.84 Å². The van der Waals surface area contributed by atoms with Gasteiger partial charge in [0.25, 0.3) is 0 Å². The fourth-order valence-corrected chi connectivity index (χ4v) is 2.72. The largest absolute Gasteiger partial charge is 0.508 e. The van der Waals surface area contributed by atoms with Gasteiger partial charge in [-0.15, -0.1) is 0 Å². The number of aromatic hydroxyl groups is 1. The zero-order valence-corrected chi connectivity index (χ0v) is 11.4. The molecule has 0 amide bonds. The molecular formula is C15H22O2. The molecule has 0 saturated carbocycles. The van der Waals surface area contributed by atoms with Gasteiger partial charge in [0, 0.05) is 11.1 Å². The highest BCUT2D eigenvalue weighted by molar-refractivity contribution is 5.49. The number of hydrogen-bond donors (Lipinski definition) is 1. The third kappa shape index (κ3) is 2.26. The number of rotatable bonds is 1. The minimum Gasteiger partial charge on any atom is -0.508 e. The van der Waals surface area contributed by atoms with E-state index < -0.39 is 0 Å². The summed E-state index contributed by atoms with van der Waals surface area (Å²) in [6, 6.07) is 3.89. The van der Waals surface area contributed by atoms with E-state index in [0.717, 1.165) is 23.3 Å². The smallest absolute Gasteiger partial charge is 0.124 e. The van der Waals surface area contributed by atoms with Crippen molar-refractivity contribution in [3.05, 3.63) is 23.3 Å². The molecule has 1 N–H and O–H groups in total. The lowest BCUT2D eigenvalue weighted by atomic mass is 9.84. The number of ether oxygens (including phenoxy) is 1. The molecule has 0 saturated heterocycles. The molecule has 1 aromatic carbocycles. The first-order chi connectivity index (χ1) is 7.80. The van der Waals surface area contributed by atoms with Crippen LogP contribution in [-0.4, -0.2) is 10.7 Å². The third-order valence-electron chi connectivity index (χ3n) is 3.50. The predicted octanol–water partition coefficient (Wildman–Crippen LogP) is 4.18. The van der Waals surface area contributed by atoms with Crippen LogP contribution in [0.5, 0.6) is 11.5 Å². The van der Waals surface area contributed by atoms with E-state index in [1.165, 1.54) is 0 Å². The Morgan fingerprint density at radius 3 is 2.59 bits per heavy atom. The zero-order chi connectivity index (χ0) is 12.8. The molecule has 0 spiro atoms. The number of phenols is 1. The van der Waals surface area contributed by atoms with Crippen molar-refractivity contribution in [2.45, 2.75) is 58.5 Å². The number of benzene rings is 1. The molecule has 0 radical (unpaired) electrons. The fraction of sp³-hybridized carbons (Fsp3) is 0.600. The van der Waals surface area contributed by atoms with E-state index in [1.807, 2.05) is 12.1 Å². The van der Waals surface area contributed by atoms with Crippen molar-refractivity contribution < 1.29 is 9.84 Å². The third-order valence-corrected chi connectivity index (χ3v) is 3.50. The Morgan fingerprint density at radius 1 is 1.35 bits per heavy atom. The lowest BCUT2D eigenvalue weighted by Gasteiger charge is -2.36. The second kappa shape index (κ2) is 3.94. The maximum atomic E-state index is 10.0. The van der Waals surface area contributed by atoms with Gasteiger partial charge in [0.15, 0.2) is 0 Å². The van der Waals surface area contributed by atoms with Crippen molar-refractivity contribution in [3.63, 3.8) is 0 Å². The van der Waals surface area contributed by atoms with Crippen LogP contribution in [0.15, 0.2) is 12.1 Å². The first kappa shape index (κ1) is 12.3. The summed E-state index contributed by atoms with van der Waals surface area (Å²) in [6.07, 6.45) is 0.987. The summed E-state index contributed by atoms with van der Waals surface area (Å²) in [5, 5.41) is 10.0. The van der Waals surface area contributed by atoms with E-state index in [1.54, 1.807) is 0 Å². The van der Waals surface area contributed by atoms with E-state index in [2.05, 4.69) is 34.6 Å². The van der Waals surface area contributed by atoms with Crippen LogP contribution in [0, 0.1) is 0 Å². The molecule has 0 aliphatic carbocycles. The Bertz CT molecular complexity index is 433. The molecule has 0 fully saturated rings. The van der Waals surface area contributed by atoms with E-state index >= 15 is 0 Å². The van der Waals surface area contributed by atoms with E-state index in [-0.39, 0.29) is 5.60 Å². The molecule has 1 atom stereocenters. The lowest BCUT2D eigenvalue weighted by molar-refractivity contribution is 0.0743. The Kier molecular flexibility index (Phi) is 2.84. The Morgan fingerprint density at radius 2 is 2.00 bits per heavy atom. The molecule has 2 nitrogen and oxygen atoms in total. The number of hydrogen-bond acceptors (Lipinski definition) is 2. The molecule has 1 aliphatic rings. The number of fused-ring (bicyclic) bond motifs is 1. The molecule has 1 aromatic rings. The van der Waals surface area contributed by atoms with Crippen molar-refractivity contribution in [3.8, 4) is 11.5 Å². The minimum atomic E-state index is -0.113. The van der Waals surface area contributed by atoms with Crippen molar-refractivity contribution >= 4 is 0 Å². The summed E-state index contributed by atoms with van der Waals surface area (Å²) in [5.41, 5.74) is 1.98. The Balaban J connectivity index is 2.51. The van der Waals surface area contributed by atoms with E-state index in [4.69, 9.17) is 4.74 Å². The van der Waals surface area contributed by atoms with Crippen LogP contribution in [0.4, 0.5) is 0 Å². The van der Waals surface area contributed by atoms with Crippen molar-refractivity contribution in [1.29, 1.82) is 0 Å². The van der Waals surface area contributed by atoms with Crippen LogP contribution >= 0.6 is 0 Å². The van der Waals surface area contributed by atoms with Gasteiger partial charge in [0.2, 0.25) is 0 Å². The SMILES string of the molecule is CC(C)c1cc2c(cc1O)C(C)CC(C)(C)O2. The second-order valence-electron chi connectivity index (χ2n) is 6.07. The maximum Gasteiger partial charge on any atom is 0.124 e. The summed E-state index contributed by atoms with van der Waals surface area (Å²) in [6.45, 7) is 10.6. The zero-order valence-electron chi connectivity index (χ0n) is 11.4. The highest BCUT2D eigenvalue weighted by Gasteiger charge is 2.32. The molecular weight excluding hydrogens is 212 g/mol. The summed E-state index contributed by atoms with van der Waals surface area (Å²) in [5.74, 6) is 2.08. The van der Waals surface area contributed by atoms with Crippen LogP contribution in [0.1, 0.15) is 64.0 Å². The van der Waals surface area contributed by atoms with Crippen molar-refractivity contribution in [2.75, 3.05) is 0 Å². The van der Waals surface area contributed by atoms with Gasteiger partial charge in [0.05, 0.1) is 0 Å². The van der Waals surface area contributed by atoms with Gasteiger partial charge in [-0.2, -0.15) is 0 Å². The quantitative estimate of drug-likeness (QED) is 0.789. The van der Waals surface area contributed by atoms with Crippen LogP contribution < -0.4 is 4.74 Å². The summed E-state index contributed by atoms with van der Waals surface area (Å²) in [7, 11) is 0. The van der Waals surface area contributed by atoms with Gasteiger partial charge in [-0.3, -0.25) is 0 Å². The highest BCUT2D eigenvalue weighted by atomic mass is 16.5.